The van der Waals surface area contributed by atoms with Gasteiger partial charge in [-0.1, -0.05) is 40.2 Å². The number of methoxy groups -OCH3 is 2. The van der Waals surface area contributed by atoms with Gasteiger partial charge in [-0.3, -0.25) is 4.79 Å². The predicted octanol–water partition coefficient (Wildman–Crippen LogP) is 3.89. The van der Waals surface area contributed by atoms with Crippen LogP contribution in [0, 0.1) is 0 Å². The van der Waals surface area contributed by atoms with Gasteiger partial charge < -0.3 is 14.8 Å². The molecule has 1 aromatic heterocycles. The Morgan fingerprint density at radius 1 is 1.11 bits per heavy atom. The number of aromatic nitrogens is 2. The highest BCUT2D eigenvalue weighted by Crippen LogP contribution is 2.27. The van der Waals surface area contributed by atoms with Crippen molar-refractivity contribution < 1.29 is 14.3 Å². The third-order valence-electron chi connectivity index (χ3n) is 4.07. The minimum Gasteiger partial charge on any atom is -0.493 e. The highest BCUT2D eigenvalue weighted by Gasteiger charge is 2.11. The highest BCUT2D eigenvalue weighted by atomic mass is 79.9. The Morgan fingerprint density at radius 3 is 2.63 bits per heavy atom. The number of carbonyl (C=O) groups excluding carboxylic acids is 1. The second-order valence-electron chi connectivity index (χ2n) is 5.88. The molecule has 2 aromatic carbocycles. The summed E-state index contributed by atoms with van der Waals surface area (Å²) in [5, 5.41) is 7.23. The molecule has 0 spiro atoms. The van der Waals surface area contributed by atoms with Crippen molar-refractivity contribution in [3.63, 3.8) is 0 Å². The van der Waals surface area contributed by atoms with E-state index in [-0.39, 0.29) is 12.3 Å². The molecule has 0 fully saturated rings. The molecular weight excluding hydrogens is 410 g/mol. The molecule has 6 nitrogen and oxygen atoms in total. The van der Waals surface area contributed by atoms with E-state index in [0.29, 0.717) is 23.9 Å². The van der Waals surface area contributed by atoms with Gasteiger partial charge in [0, 0.05) is 10.5 Å². The fourth-order valence-corrected chi connectivity index (χ4v) is 3.13. The van der Waals surface area contributed by atoms with Gasteiger partial charge in [-0.25, -0.2) is 4.68 Å². The molecular formula is C20H20BrN3O3. The number of ether oxygens (including phenoxy) is 2. The van der Waals surface area contributed by atoms with Crippen molar-refractivity contribution in [1.82, 2.24) is 9.78 Å². The molecule has 7 heteroatoms. The van der Waals surface area contributed by atoms with E-state index in [2.05, 4.69) is 26.3 Å². The van der Waals surface area contributed by atoms with Gasteiger partial charge in [-0.15, -0.1) is 0 Å². The maximum Gasteiger partial charge on any atom is 0.229 e. The zero-order valence-electron chi connectivity index (χ0n) is 15.1. The van der Waals surface area contributed by atoms with E-state index < -0.39 is 0 Å². The van der Waals surface area contributed by atoms with Crippen LogP contribution >= 0.6 is 15.9 Å². The molecule has 0 saturated heterocycles. The van der Waals surface area contributed by atoms with Crippen LogP contribution in [-0.4, -0.2) is 29.9 Å². The van der Waals surface area contributed by atoms with Crippen molar-refractivity contribution in [3.8, 4) is 11.5 Å². The van der Waals surface area contributed by atoms with Gasteiger partial charge in [-0.05, 0) is 29.3 Å². The van der Waals surface area contributed by atoms with Crippen LogP contribution in [0.15, 0.2) is 59.2 Å². The molecule has 3 aromatic rings. The maximum absolute atomic E-state index is 12.5. The number of rotatable bonds is 7. The number of benzene rings is 2. The van der Waals surface area contributed by atoms with Gasteiger partial charge in [0.05, 0.1) is 33.4 Å². The van der Waals surface area contributed by atoms with E-state index in [9.17, 15) is 4.79 Å². The fourth-order valence-electron chi connectivity index (χ4n) is 2.72. The molecule has 0 aliphatic carbocycles. The minimum absolute atomic E-state index is 0.129. The Labute approximate surface area is 166 Å². The van der Waals surface area contributed by atoms with Gasteiger partial charge in [0.25, 0.3) is 0 Å². The van der Waals surface area contributed by atoms with Crippen LogP contribution in [0.2, 0.25) is 0 Å². The number of halogens is 1. The monoisotopic (exact) mass is 429 g/mol. The number of nitrogens with zero attached hydrogens (tertiary/aromatic N) is 2. The Hall–Kier alpha value is -2.80. The van der Waals surface area contributed by atoms with E-state index in [1.54, 1.807) is 43.3 Å². The van der Waals surface area contributed by atoms with Crippen LogP contribution in [0.3, 0.4) is 0 Å². The largest absolute Gasteiger partial charge is 0.493 e. The van der Waals surface area contributed by atoms with Crippen LogP contribution in [0.4, 0.5) is 5.82 Å². The molecule has 27 heavy (non-hydrogen) atoms. The van der Waals surface area contributed by atoms with Crippen LogP contribution in [-0.2, 0) is 17.8 Å². The van der Waals surface area contributed by atoms with Gasteiger partial charge >= 0.3 is 0 Å². The summed E-state index contributed by atoms with van der Waals surface area (Å²) in [4.78, 5) is 12.5. The molecule has 0 saturated carbocycles. The third-order valence-corrected chi connectivity index (χ3v) is 4.85. The maximum atomic E-state index is 12.5. The molecule has 1 heterocycles. The van der Waals surface area contributed by atoms with Gasteiger partial charge in [-0.2, -0.15) is 5.10 Å². The molecule has 0 aliphatic heterocycles. The van der Waals surface area contributed by atoms with Gasteiger partial charge in [0.2, 0.25) is 5.91 Å². The molecule has 0 unspecified atom stereocenters. The first kappa shape index (κ1) is 19.0. The summed E-state index contributed by atoms with van der Waals surface area (Å²) in [6.45, 7) is 0.556. The summed E-state index contributed by atoms with van der Waals surface area (Å²) in [5.41, 5.74) is 1.92. The Kier molecular flexibility index (Phi) is 6.13. The lowest BCUT2D eigenvalue weighted by Gasteiger charge is -2.11. The van der Waals surface area contributed by atoms with E-state index in [0.717, 1.165) is 15.6 Å². The van der Waals surface area contributed by atoms with Crippen molar-refractivity contribution >= 4 is 27.7 Å². The van der Waals surface area contributed by atoms with Crippen molar-refractivity contribution in [3.05, 3.63) is 70.3 Å². The normalized spacial score (nSPS) is 10.5. The zero-order chi connectivity index (χ0) is 19.2. The predicted molar refractivity (Wildman–Crippen MR) is 107 cm³/mol. The topological polar surface area (TPSA) is 65.4 Å². The lowest BCUT2D eigenvalue weighted by molar-refractivity contribution is -0.115. The summed E-state index contributed by atoms with van der Waals surface area (Å²) in [5.74, 6) is 1.75. The third kappa shape index (κ3) is 4.68. The molecule has 0 bridgehead atoms. The second-order valence-corrected chi connectivity index (χ2v) is 6.73. The first-order valence-electron chi connectivity index (χ1n) is 8.36. The molecule has 1 amide bonds. The van der Waals surface area contributed by atoms with E-state index >= 15 is 0 Å². The van der Waals surface area contributed by atoms with Crippen LogP contribution in [0.5, 0.6) is 11.5 Å². The standard InChI is InChI=1S/C20H20BrN3O3/c1-26-17-8-7-14(11-18(17)27-2)12-20(25)23-19-9-10-22-24(19)13-15-5-3-4-6-16(15)21/h3-11H,12-13H2,1-2H3,(H,23,25). The zero-order valence-corrected chi connectivity index (χ0v) is 16.7. The number of nitrogens with one attached hydrogen (secondary N) is 1. The Balaban J connectivity index is 1.69. The van der Waals surface area contributed by atoms with Crippen LogP contribution < -0.4 is 14.8 Å². The van der Waals surface area contributed by atoms with Crippen LogP contribution in [0.25, 0.3) is 0 Å². The minimum atomic E-state index is -0.129. The van der Waals surface area contributed by atoms with Crippen molar-refractivity contribution in [2.75, 3.05) is 19.5 Å². The highest BCUT2D eigenvalue weighted by molar-refractivity contribution is 9.10. The second kappa shape index (κ2) is 8.73. The number of hydrogen-bond acceptors (Lipinski definition) is 4. The van der Waals surface area contributed by atoms with E-state index in [1.165, 1.54) is 0 Å². The Morgan fingerprint density at radius 2 is 1.89 bits per heavy atom. The van der Waals surface area contributed by atoms with Crippen molar-refractivity contribution in [2.24, 2.45) is 0 Å². The molecule has 1 N–H and O–H groups in total. The molecule has 0 aliphatic rings. The Bertz CT molecular complexity index is 940. The van der Waals surface area contributed by atoms with Gasteiger partial charge in [0.1, 0.15) is 5.82 Å². The molecule has 3 rings (SSSR count). The first-order valence-corrected chi connectivity index (χ1v) is 9.16. The first-order chi connectivity index (χ1) is 13.1. The molecule has 140 valence electrons. The number of carbonyl (C=O) groups is 1. The summed E-state index contributed by atoms with van der Waals surface area (Å²) >= 11 is 3.54. The average Bonchev–Trinajstić information content (AvgIpc) is 3.10. The average molecular weight is 430 g/mol. The summed E-state index contributed by atoms with van der Waals surface area (Å²) < 4.78 is 13.3. The van der Waals surface area contributed by atoms with Crippen molar-refractivity contribution in [2.45, 2.75) is 13.0 Å². The van der Waals surface area contributed by atoms with Crippen molar-refractivity contribution in [1.29, 1.82) is 0 Å². The van der Waals surface area contributed by atoms with E-state index in [1.807, 2.05) is 30.3 Å². The lowest BCUT2D eigenvalue weighted by Crippen LogP contribution is -2.18. The number of anilines is 1. The quantitative estimate of drug-likeness (QED) is 0.618. The summed E-state index contributed by atoms with van der Waals surface area (Å²) in [6.07, 6.45) is 1.89. The SMILES string of the molecule is COc1ccc(CC(=O)Nc2ccnn2Cc2ccccc2Br)cc1OC. The van der Waals surface area contributed by atoms with Gasteiger partial charge in [0.15, 0.2) is 11.5 Å². The molecule has 0 radical (unpaired) electrons. The summed E-state index contributed by atoms with van der Waals surface area (Å²) in [6, 6.07) is 15.1. The fraction of sp³-hybridized carbons (Fsp3) is 0.200. The number of hydrogen-bond donors (Lipinski definition) is 1. The van der Waals surface area contributed by atoms with Crippen LogP contribution in [0.1, 0.15) is 11.1 Å². The number of amides is 1. The lowest BCUT2D eigenvalue weighted by atomic mass is 10.1. The smallest absolute Gasteiger partial charge is 0.229 e. The molecule has 0 atom stereocenters. The van der Waals surface area contributed by atoms with E-state index in [4.69, 9.17) is 9.47 Å². The summed E-state index contributed by atoms with van der Waals surface area (Å²) in [7, 11) is 3.15.